The molecule has 6 heteroatoms. The number of aryl methyl sites for hydroxylation is 1. The van der Waals surface area contributed by atoms with Crippen LogP contribution >= 0.6 is 0 Å². The summed E-state index contributed by atoms with van der Waals surface area (Å²) in [6.07, 6.45) is 0.790. The van der Waals surface area contributed by atoms with Crippen molar-refractivity contribution in [2.45, 2.75) is 32.9 Å². The van der Waals surface area contributed by atoms with E-state index in [-0.39, 0.29) is 23.2 Å². The second-order valence-electron chi connectivity index (χ2n) is 4.11. The van der Waals surface area contributed by atoms with E-state index in [0.29, 0.717) is 13.2 Å². The van der Waals surface area contributed by atoms with Gasteiger partial charge < -0.3 is 10.1 Å². The van der Waals surface area contributed by atoms with Crippen LogP contribution in [-0.4, -0.2) is 35.4 Å². The first-order valence-corrected chi connectivity index (χ1v) is 5.96. The second kappa shape index (κ2) is 6.90. The number of carbonyl (C=O) groups is 1. The molecule has 0 aliphatic rings. The highest BCUT2D eigenvalue weighted by Gasteiger charge is 2.12. The van der Waals surface area contributed by atoms with Gasteiger partial charge in [0.2, 0.25) is 0 Å². The molecule has 0 fully saturated rings. The molecule has 0 aromatic carbocycles. The van der Waals surface area contributed by atoms with Gasteiger partial charge in [-0.05, 0) is 19.4 Å². The summed E-state index contributed by atoms with van der Waals surface area (Å²) in [7, 11) is 1.57. The summed E-state index contributed by atoms with van der Waals surface area (Å²) in [6.45, 7) is 4.72. The highest BCUT2D eigenvalue weighted by Crippen LogP contribution is 1.94. The van der Waals surface area contributed by atoms with E-state index in [4.69, 9.17) is 4.74 Å². The van der Waals surface area contributed by atoms with Gasteiger partial charge in [0.15, 0.2) is 0 Å². The summed E-state index contributed by atoms with van der Waals surface area (Å²) < 4.78 is 6.23. The molecule has 1 aromatic rings. The Hall–Kier alpha value is -1.69. The Bertz CT molecular complexity index is 456. The summed E-state index contributed by atoms with van der Waals surface area (Å²) in [5.74, 6) is -0.301. The van der Waals surface area contributed by atoms with Crippen LogP contribution in [0.5, 0.6) is 0 Å². The van der Waals surface area contributed by atoms with Gasteiger partial charge in [0.1, 0.15) is 5.69 Å². The molecule has 1 unspecified atom stereocenters. The van der Waals surface area contributed by atoms with Crippen molar-refractivity contribution in [3.05, 3.63) is 28.2 Å². The van der Waals surface area contributed by atoms with Gasteiger partial charge >= 0.3 is 0 Å². The minimum atomic E-state index is -0.301. The Kier molecular flexibility index (Phi) is 5.51. The molecule has 100 valence electrons. The van der Waals surface area contributed by atoms with Crippen LogP contribution in [0.15, 0.2) is 16.9 Å². The van der Waals surface area contributed by atoms with Gasteiger partial charge in [-0.15, -0.1) is 0 Å². The van der Waals surface area contributed by atoms with Gasteiger partial charge in [-0.1, -0.05) is 6.92 Å². The number of hydrogen-bond acceptors (Lipinski definition) is 4. The fourth-order valence-corrected chi connectivity index (χ4v) is 1.53. The quantitative estimate of drug-likeness (QED) is 0.797. The van der Waals surface area contributed by atoms with E-state index in [1.807, 2.05) is 13.8 Å². The Labute approximate surface area is 106 Å². The number of rotatable bonds is 6. The maximum atomic E-state index is 11.9. The normalized spacial score (nSPS) is 12.2. The molecule has 0 spiro atoms. The molecule has 0 radical (unpaired) electrons. The van der Waals surface area contributed by atoms with E-state index in [0.717, 1.165) is 6.42 Å². The molecule has 1 aromatic heterocycles. The molecule has 1 atom stereocenters. The number of nitrogens with zero attached hydrogens (tertiary/aromatic N) is 2. The Morgan fingerprint density at radius 2 is 2.28 bits per heavy atom. The van der Waals surface area contributed by atoms with Crippen molar-refractivity contribution < 1.29 is 9.53 Å². The highest BCUT2D eigenvalue weighted by atomic mass is 16.5. The van der Waals surface area contributed by atoms with E-state index >= 15 is 0 Å². The molecule has 0 aliphatic heterocycles. The number of hydrogen-bond donors (Lipinski definition) is 1. The number of carbonyl (C=O) groups excluding carboxylic acids is 1. The van der Waals surface area contributed by atoms with E-state index in [1.54, 1.807) is 7.11 Å². The molecule has 1 amide bonds. The molecule has 6 nitrogen and oxygen atoms in total. The SMILES string of the molecule is CCCn1nc(C(=O)NC(C)COC)ccc1=O. The van der Waals surface area contributed by atoms with Crippen molar-refractivity contribution in [1.82, 2.24) is 15.1 Å². The van der Waals surface area contributed by atoms with Crippen LogP contribution in [0.2, 0.25) is 0 Å². The van der Waals surface area contributed by atoms with Crippen LogP contribution in [0.25, 0.3) is 0 Å². The van der Waals surface area contributed by atoms with Crippen LogP contribution < -0.4 is 10.9 Å². The Morgan fingerprint density at radius 1 is 1.56 bits per heavy atom. The van der Waals surface area contributed by atoms with E-state index < -0.39 is 0 Å². The third kappa shape index (κ3) is 3.96. The second-order valence-corrected chi connectivity index (χ2v) is 4.11. The van der Waals surface area contributed by atoms with Crippen LogP contribution in [-0.2, 0) is 11.3 Å². The lowest BCUT2D eigenvalue weighted by molar-refractivity contribution is 0.0898. The first kappa shape index (κ1) is 14.4. The predicted molar refractivity (Wildman–Crippen MR) is 67.6 cm³/mol. The maximum Gasteiger partial charge on any atom is 0.272 e. The lowest BCUT2D eigenvalue weighted by Gasteiger charge is -2.12. The number of methoxy groups -OCH3 is 1. The van der Waals surface area contributed by atoms with Gasteiger partial charge in [-0.3, -0.25) is 9.59 Å². The molecule has 0 saturated heterocycles. The summed E-state index contributed by atoms with van der Waals surface area (Å²) in [4.78, 5) is 23.3. The first-order chi connectivity index (χ1) is 8.58. The average molecular weight is 253 g/mol. The summed E-state index contributed by atoms with van der Waals surface area (Å²) in [6, 6.07) is 2.69. The standard InChI is InChI=1S/C12H19N3O3/c1-4-7-15-11(16)6-5-10(14-15)12(17)13-9(2)8-18-3/h5-6,9H,4,7-8H2,1-3H3,(H,13,17). The van der Waals surface area contributed by atoms with Crippen molar-refractivity contribution >= 4 is 5.91 Å². The van der Waals surface area contributed by atoms with Crippen LogP contribution in [0.1, 0.15) is 30.8 Å². The first-order valence-electron chi connectivity index (χ1n) is 5.96. The molecular weight excluding hydrogens is 234 g/mol. The van der Waals surface area contributed by atoms with Crippen LogP contribution in [0.4, 0.5) is 0 Å². The minimum absolute atomic E-state index is 0.101. The maximum absolute atomic E-state index is 11.9. The lowest BCUT2D eigenvalue weighted by atomic mass is 10.3. The molecular formula is C12H19N3O3. The smallest absolute Gasteiger partial charge is 0.272 e. The van der Waals surface area contributed by atoms with Crippen molar-refractivity contribution in [2.75, 3.05) is 13.7 Å². The minimum Gasteiger partial charge on any atom is -0.383 e. The average Bonchev–Trinajstić information content (AvgIpc) is 2.32. The van der Waals surface area contributed by atoms with Gasteiger partial charge in [-0.25, -0.2) is 4.68 Å². The zero-order valence-corrected chi connectivity index (χ0v) is 11.0. The summed E-state index contributed by atoms with van der Waals surface area (Å²) in [5, 5.41) is 6.77. The van der Waals surface area contributed by atoms with E-state index in [9.17, 15) is 9.59 Å². The zero-order valence-electron chi connectivity index (χ0n) is 11.0. The third-order valence-corrected chi connectivity index (χ3v) is 2.33. The number of nitrogens with one attached hydrogen (secondary N) is 1. The van der Waals surface area contributed by atoms with Gasteiger partial charge in [0.05, 0.1) is 6.61 Å². The van der Waals surface area contributed by atoms with E-state index in [1.165, 1.54) is 16.8 Å². The van der Waals surface area contributed by atoms with Crippen LogP contribution in [0, 0.1) is 0 Å². The topological polar surface area (TPSA) is 73.2 Å². The number of ether oxygens (including phenoxy) is 1. The number of amides is 1. The molecule has 0 bridgehead atoms. The fraction of sp³-hybridized carbons (Fsp3) is 0.583. The highest BCUT2D eigenvalue weighted by molar-refractivity contribution is 5.92. The Morgan fingerprint density at radius 3 is 2.89 bits per heavy atom. The molecule has 1 heterocycles. The third-order valence-electron chi connectivity index (χ3n) is 2.33. The molecule has 1 N–H and O–H groups in total. The lowest BCUT2D eigenvalue weighted by Crippen LogP contribution is -2.37. The van der Waals surface area contributed by atoms with Crippen LogP contribution in [0.3, 0.4) is 0 Å². The molecule has 0 aliphatic carbocycles. The fourth-order valence-electron chi connectivity index (χ4n) is 1.53. The molecule has 18 heavy (non-hydrogen) atoms. The predicted octanol–water partition coefficient (Wildman–Crippen LogP) is 0.418. The Balaban J connectivity index is 2.80. The largest absolute Gasteiger partial charge is 0.383 e. The molecule has 0 saturated carbocycles. The number of aromatic nitrogens is 2. The molecule has 1 rings (SSSR count). The van der Waals surface area contributed by atoms with Crippen molar-refractivity contribution in [3.8, 4) is 0 Å². The van der Waals surface area contributed by atoms with Gasteiger partial charge in [-0.2, -0.15) is 5.10 Å². The summed E-state index contributed by atoms with van der Waals surface area (Å²) in [5.41, 5.74) is 0.0457. The van der Waals surface area contributed by atoms with Crippen molar-refractivity contribution in [2.24, 2.45) is 0 Å². The zero-order chi connectivity index (χ0) is 13.5. The van der Waals surface area contributed by atoms with Crippen molar-refractivity contribution in [3.63, 3.8) is 0 Å². The van der Waals surface area contributed by atoms with E-state index in [2.05, 4.69) is 10.4 Å². The monoisotopic (exact) mass is 253 g/mol. The van der Waals surface area contributed by atoms with Gasteiger partial charge in [0, 0.05) is 25.8 Å². The van der Waals surface area contributed by atoms with Gasteiger partial charge in [0.25, 0.3) is 11.5 Å². The summed E-state index contributed by atoms with van der Waals surface area (Å²) >= 11 is 0. The van der Waals surface area contributed by atoms with Crippen molar-refractivity contribution in [1.29, 1.82) is 0 Å².